The average molecular weight is 1100 g/mol. The van der Waals surface area contributed by atoms with Gasteiger partial charge in [0.2, 0.25) is 0 Å². The first-order valence-corrected chi connectivity index (χ1v) is 33.7. The minimum Gasteiger partial charge on any atom is -0.477 e. The van der Waals surface area contributed by atoms with Crippen molar-refractivity contribution < 1.29 is 42.9 Å². The number of hydrogen-bond acceptors (Lipinski definition) is 7. The van der Waals surface area contributed by atoms with Gasteiger partial charge in [0.05, 0.1) is 34.4 Å². The van der Waals surface area contributed by atoms with Crippen LogP contribution < -0.4 is 0 Å². The van der Waals surface area contributed by atoms with Crippen molar-refractivity contribution in [2.45, 2.75) is 341 Å². The van der Waals surface area contributed by atoms with E-state index >= 15 is 0 Å². The first-order chi connectivity index (χ1) is 38.1. The van der Waals surface area contributed by atoms with Gasteiger partial charge in [-0.3, -0.25) is 9.59 Å². The molecule has 0 fully saturated rings. The second-order valence-electron chi connectivity index (χ2n) is 24.1. The van der Waals surface area contributed by atoms with E-state index in [4.69, 9.17) is 18.9 Å². The van der Waals surface area contributed by atoms with Crippen LogP contribution in [0.25, 0.3) is 0 Å². The van der Waals surface area contributed by atoms with Crippen molar-refractivity contribution in [1.29, 1.82) is 0 Å². The topological polar surface area (TPSA) is 108 Å². The number of carbonyl (C=O) groups excluding carboxylic acids is 2. The summed E-state index contributed by atoms with van der Waals surface area (Å²) in [5.41, 5.74) is 0. The molecule has 0 saturated heterocycles. The van der Waals surface area contributed by atoms with Gasteiger partial charge in [0.15, 0.2) is 6.10 Å². The molecule has 0 aliphatic carbocycles. The Kier molecular flexibility index (Phi) is 58.7. The van der Waals surface area contributed by atoms with Crippen LogP contribution in [0.15, 0.2) is 36.5 Å². The van der Waals surface area contributed by atoms with Crippen molar-refractivity contribution >= 4 is 17.9 Å². The Morgan fingerprint density at radius 3 is 1.04 bits per heavy atom. The van der Waals surface area contributed by atoms with Crippen LogP contribution in [0.2, 0.25) is 0 Å². The summed E-state index contributed by atoms with van der Waals surface area (Å²) in [6, 6.07) is 0. The molecule has 0 aromatic rings. The van der Waals surface area contributed by atoms with Gasteiger partial charge in [-0.2, -0.15) is 0 Å². The highest BCUT2D eigenvalue weighted by Crippen LogP contribution is 2.18. The SMILES string of the molecule is CCCCCC/C=C\C/C=C\CCCCCCCC(=O)OC(COC(=O)CCCCCCCCCCCCCCCCCCCCCCCCCCC/C=C\CCCCCCCCCC)COC(OCC[N+](C)(C)C)C(=O)O. The summed E-state index contributed by atoms with van der Waals surface area (Å²) in [5.74, 6) is -2.01. The van der Waals surface area contributed by atoms with Gasteiger partial charge in [-0.15, -0.1) is 0 Å². The number of carbonyl (C=O) groups is 3. The van der Waals surface area contributed by atoms with E-state index in [1.165, 1.54) is 238 Å². The highest BCUT2D eigenvalue weighted by Gasteiger charge is 2.25. The highest BCUT2D eigenvalue weighted by atomic mass is 16.7. The largest absolute Gasteiger partial charge is 0.477 e. The maximum absolute atomic E-state index is 12.9. The van der Waals surface area contributed by atoms with Crippen LogP contribution >= 0.6 is 0 Å². The normalized spacial score (nSPS) is 12.9. The molecule has 0 radical (unpaired) electrons. The molecule has 0 aromatic carbocycles. The Bertz CT molecular complexity index is 1370. The fourth-order valence-corrected chi connectivity index (χ4v) is 9.92. The Hall–Kier alpha value is -2.49. The molecule has 0 aromatic heterocycles. The van der Waals surface area contributed by atoms with E-state index < -0.39 is 24.3 Å². The molecule has 9 nitrogen and oxygen atoms in total. The third-order valence-electron chi connectivity index (χ3n) is 15.1. The number of unbranched alkanes of at least 4 members (excludes halogenated alkanes) is 42. The number of allylic oxidation sites excluding steroid dienone is 6. The molecule has 0 saturated carbocycles. The molecular weight excluding hydrogens is 971 g/mol. The monoisotopic (exact) mass is 1100 g/mol. The number of aliphatic carboxylic acids is 1. The van der Waals surface area contributed by atoms with Crippen LogP contribution in [0, 0.1) is 0 Å². The molecule has 0 bridgehead atoms. The number of ether oxygens (including phenoxy) is 4. The average Bonchev–Trinajstić information content (AvgIpc) is 3.41. The summed E-state index contributed by atoms with van der Waals surface area (Å²) < 4.78 is 22.9. The maximum atomic E-state index is 12.9. The van der Waals surface area contributed by atoms with Gasteiger partial charge in [0, 0.05) is 12.8 Å². The van der Waals surface area contributed by atoms with Crippen molar-refractivity contribution in [3.8, 4) is 0 Å². The first-order valence-electron chi connectivity index (χ1n) is 33.7. The quantitative estimate of drug-likeness (QED) is 0.0211. The van der Waals surface area contributed by atoms with Crippen LogP contribution in [0.4, 0.5) is 0 Å². The number of nitrogens with zero attached hydrogens (tertiary/aromatic N) is 1. The minimum atomic E-state index is -1.51. The van der Waals surface area contributed by atoms with Crippen molar-refractivity contribution in [3.05, 3.63) is 36.5 Å². The number of rotatable bonds is 63. The molecular formula is C69H130NO8+. The number of carboxylic acids is 1. The fraction of sp³-hybridized carbons (Fsp3) is 0.870. The van der Waals surface area contributed by atoms with E-state index in [0.717, 1.165) is 57.8 Å². The molecule has 1 N–H and O–H groups in total. The molecule has 0 amide bonds. The lowest BCUT2D eigenvalue weighted by Gasteiger charge is -2.25. The van der Waals surface area contributed by atoms with Crippen molar-refractivity contribution in [2.24, 2.45) is 0 Å². The number of hydrogen-bond donors (Lipinski definition) is 1. The molecule has 2 unspecified atom stereocenters. The molecule has 9 heteroatoms. The standard InChI is InChI=1S/C69H129NO8/c1-6-8-10-12-14-16-18-20-22-24-25-26-27-28-29-30-31-32-33-34-35-36-37-38-39-40-41-42-43-44-46-47-49-51-53-55-57-59-66(71)76-63-65(64-77-69(68(73)74)75-62-61-70(3,4)5)78-67(72)60-58-56-54-52-50-48-45-23-21-19-17-15-13-11-9-7-2/h17,19,23-25,45,65,69H,6-16,18,20-22,26-44,46-64H2,1-5H3/p+1/b19-17-,25-24-,45-23-. The predicted molar refractivity (Wildman–Crippen MR) is 332 cm³/mol. The number of quaternary nitrogens is 1. The third-order valence-corrected chi connectivity index (χ3v) is 15.1. The predicted octanol–water partition coefficient (Wildman–Crippen LogP) is 20.4. The summed E-state index contributed by atoms with van der Waals surface area (Å²) in [5, 5.41) is 9.71. The molecule has 0 spiro atoms. The Balaban J connectivity index is 3.96. The van der Waals surface area contributed by atoms with Crippen LogP contribution in [0.5, 0.6) is 0 Å². The van der Waals surface area contributed by atoms with E-state index in [1.54, 1.807) is 0 Å². The van der Waals surface area contributed by atoms with E-state index in [0.29, 0.717) is 23.9 Å². The lowest BCUT2D eigenvalue weighted by Crippen LogP contribution is -2.40. The molecule has 0 aliphatic rings. The summed E-state index contributed by atoms with van der Waals surface area (Å²) in [6.07, 6.45) is 72.7. The van der Waals surface area contributed by atoms with E-state index in [9.17, 15) is 19.5 Å². The van der Waals surface area contributed by atoms with Gasteiger partial charge < -0.3 is 28.5 Å². The van der Waals surface area contributed by atoms with Crippen molar-refractivity contribution in [3.63, 3.8) is 0 Å². The zero-order valence-electron chi connectivity index (χ0n) is 52.3. The van der Waals surface area contributed by atoms with Gasteiger partial charge in [-0.05, 0) is 70.6 Å². The fourth-order valence-electron chi connectivity index (χ4n) is 9.92. The summed E-state index contributed by atoms with van der Waals surface area (Å²) in [4.78, 5) is 37.5. The number of esters is 2. The van der Waals surface area contributed by atoms with Gasteiger partial charge >= 0.3 is 17.9 Å². The zero-order valence-corrected chi connectivity index (χ0v) is 52.3. The van der Waals surface area contributed by atoms with Crippen LogP contribution in [0.1, 0.15) is 328 Å². The smallest absolute Gasteiger partial charge is 0.361 e. The molecule has 0 rings (SSSR count). The van der Waals surface area contributed by atoms with Crippen LogP contribution in [-0.2, 0) is 33.3 Å². The minimum absolute atomic E-state index is 0.184. The Morgan fingerprint density at radius 2 is 0.692 bits per heavy atom. The summed E-state index contributed by atoms with van der Waals surface area (Å²) in [7, 11) is 5.97. The second kappa shape index (κ2) is 60.6. The number of carboxylic acid groups (broad SMARTS) is 1. The third kappa shape index (κ3) is 61.1. The van der Waals surface area contributed by atoms with Gasteiger partial charge in [0.1, 0.15) is 13.2 Å². The van der Waals surface area contributed by atoms with E-state index in [1.807, 2.05) is 21.1 Å². The highest BCUT2D eigenvalue weighted by molar-refractivity contribution is 5.71. The summed E-state index contributed by atoms with van der Waals surface area (Å²) >= 11 is 0. The van der Waals surface area contributed by atoms with Gasteiger partial charge in [-0.25, -0.2) is 4.79 Å². The Morgan fingerprint density at radius 1 is 0.385 bits per heavy atom. The summed E-state index contributed by atoms with van der Waals surface area (Å²) in [6.45, 7) is 4.89. The lowest BCUT2D eigenvalue weighted by molar-refractivity contribution is -0.870. The second-order valence-corrected chi connectivity index (χ2v) is 24.1. The zero-order chi connectivity index (χ0) is 56.9. The van der Waals surface area contributed by atoms with Crippen LogP contribution in [-0.4, -0.2) is 87.4 Å². The van der Waals surface area contributed by atoms with E-state index in [-0.39, 0.29) is 32.2 Å². The lowest BCUT2D eigenvalue weighted by atomic mass is 10.0. The van der Waals surface area contributed by atoms with E-state index in [2.05, 4.69) is 50.3 Å². The number of likely N-dealkylation sites (N-methyl/N-ethyl adjacent to an activating group) is 1. The van der Waals surface area contributed by atoms with Gasteiger partial charge in [-0.1, -0.05) is 281 Å². The maximum Gasteiger partial charge on any atom is 0.361 e. The van der Waals surface area contributed by atoms with Gasteiger partial charge in [0.25, 0.3) is 6.29 Å². The molecule has 0 aliphatic heterocycles. The Labute approximate surface area is 483 Å². The molecule has 458 valence electrons. The van der Waals surface area contributed by atoms with Crippen molar-refractivity contribution in [1.82, 2.24) is 0 Å². The first kappa shape index (κ1) is 75.5. The molecule has 78 heavy (non-hydrogen) atoms. The molecule has 2 atom stereocenters. The molecule has 0 heterocycles. The van der Waals surface area contributed by atoms with Crippen molar-refractivity contribution in [2.75, 3.05) is 47.5 Å². The van der Waals surface area contributed by atoms with Crippen LogP contribution in [0.3, 0.4) is 0 Å².